The quantitative estimate of drug-likeness (QED) is 0.394. The van der Waals surface area contributed by atoms with Crippen molar-refractivity contribution in [1.82, 2.24) is 10.6 Å². The first-order valence-corrected chi connectivity index (χ1v) is 13.7. The lowest BCUT2D eigenvalue weighted by molar-refractivity contribution is -0.129. The molecule has 4 aliphatic rings. The third-order valence-corrected chi connectivity index (χ3v) is 8.27. The molecule has 1 aromatic rings. The van der Waals surface area contributed by atoms with E-state index in [1.807, 2.05) is 18.5 Å². The maximum absolute atomic E-state index is 13.4. The van der Waals surface area contributed by atoms with Gasteiger partial charge < -0.3 is 10.6 Å². The molecule has 1 aliphatic heterocycles. The number of nitrogens with zero attached hydrogens (tertiary/aromatic N) is 1. The zero-order valence-corrected chi connectivity index (χ0v) is 22.1. The molecular formula is C33H39N3O. The molecule has 2 N–H and O–H groups in total. The number of allylic oxidation sites excluding steroid dienone is 8. The Balaban J connectivity index is 1.27. The van der Waals surface area contributed by atoms with Gasteiger partial charge in [0.25, 0.3) is 0 Å². The van der Waals surface area contributed by atoms with Gasteiger partial charge in [0.1, 0.15) is 5.54 Å². The summed E-state index contributed by atoms with van der Waals surface area (Å²) in [5.41, 5.74) is 7.69. The van der Waals surface area contributed by atoms with Crippen LogP contribution in [0.15, 0.2) is 95.3 Å². The second-order valence-electron chi connectivity index (χ2n) is 11.3. The van der Waals surface area contributed by atoms with E-state index in [2.05, 4.69) is 78.2 Å². The standard InChI is InChI=1S/C33H39N3O/c1-4-8-27-21-30(22-28(27)14-11-25-9-12-26(13-10-25)29-15-20-34-23-29)24(2)35-33(16-6-5-7-17-33)31(37)36-32(3)18-19-32/h4,8-10,12-14,20-21,23,35H,1-2,5-7,11,15-19,22H2,3H3,(H,36,37)/b27-8-,28-14-. The molecule has 4 nitrogen and oxygen atoms in total. The largest absolute Gasteiger partial charge is 0.371 e. The molecule has 1 amide bonds. The number of carbonyl (C=O) groups excluding carboxylic acids is 1. The number of aliphatic imine (C=N–C) groups is 1. The lowest BCUT2D eigenvalue weighted by Gasteiger charge is -2.39. The molecule has 0 aromatic heterocycles. The molecule has 3 aliphatic carbocycles. The molecule has 0 spiro atoms. The molecule has 0 bridgehead atoms. The SMILES string of the molecule is C=C/C=C1/C=C(C(=C)NC2(C(=O)NC3(C)CC3)CCCCC2)C/C1=C/Cc1ccc(C2=CN=CC2)cc1. The Morgan fingerprint density at radius 2 is 1.84 bits per heavy atom. The van der Waals surface area contributed by atoms with Crippen molar-refractivity contribution in [3.8, 4) is 0 Å². The van der Waals surface area contributed by atoms with Crippen LogP contribution in [0.5, 0.6) is 0 Å². The van der Waals surface area contributed by atoms with E-state index in [1.54, 1.807) is 0 Å². The highest BCUT2D eigenvalue weighted by molar-refractivity contribution is 5.88. The molecule has 4 heteroatoms. The van der Waals surface area contributed by atoms with Crippen molar-refractivity contribution in [2.24, 2.45) is 4.99 Å². The number of benzene rings is 1. The van der Waals surface area contributed by atoms with Gasteiger partial charge in [0.2, 0.25) is 5.91 Å². The van der Waals surface area contributed by atoms with Gasteiger partial charge in [-0.15, -0.1) is 0 Å². The fourth-order valence-electron chi connectivity index (χ4n) is 5.58. The maximum Gasteiger partial charge on any atom is 0.246 e. The first-order valence-electron chi connectivity index (χ1n) is 13.7. The van der Waals surface area contributed by atoms with E-state index in [4.69, 9.17) is 0 Å². The number of rotatable bonds is 9. The van der Waals surface area contributed by atoms with Gasteiger partial charge >= 0.3 is 0 Å². The van der Waals surface area contributed by atoms with Gasteiger partial charge in [-0.3, -0.25) is 9.79 Å². The third kappa shape index (κ3) is 5.79. The van der Waals surface area contributed by atoms with E-state index in [0.717, 1.165) is 69.1 Å². The second-order valence-corrected chi connectivity index (χ2v) is 11.3. The predicted molar refractivity (Wildman–Crippen MR) is 154 cm³/mol. The van der Waals surface area contributed by atoms with Crippen molar-refractivity contribution in [3.05, 3.63) is 101 Å². The Labute approximate surface area is 221 Å². The molecule has 0 atom stereocenters. The summed E-state index contributed by atoms with van der Waals surface area (Å²) in [6, 6.07) is 8.79. The van der Waals surface area contributed by atoms with Crippen LogP contribution in [0.1, 0.15) is 75.8 Å². The lowest BCUT2D eigenvalue weighted by Crippen LogP contribution is -2.59. The van der Waals surface area contributed by atoms with Crippen molar-refractivity contribution in [3.63, 3.8) is 0 Å². The predicted octanol–water partition coefficient (Wildman–Crippen LogP) is 6.89. The van der Waals surface area contributed by atoms with Crippen molar-refractivity contribution in [2.45, 2.75) is 82.2 Å². The van der Waals surface area contributed by atoms with Gasteiger partial charge in [0.15, 0.2) is 0 Å². The molecule has 0 unspecified atom stereocenters. The highest BCUT2D eigenvalue weighted by atomic mass is 16.2. The number of hydrogen-bond donors (Lipinski definition) is 2. The van der Waals surface area contributed by atoms with Crippen LogP contribution < -0.4 is 10.6 Å². The summed E-state index contributed by atoms with van der Waals surface area (Å²) in [6.45, 7) is 10.5. The van der Waals surface area contributed by atoms with Crippen LogP contribution in [0.2, 0.25) is 0 Å². The number of nitrogens with one attached hydrogen (secondary N) is 2. The fraction of sp³-hybridized carbons (Fsp3) is 0.394. The molecule has 0 radical (unpaired) electrons. The third-order valence-electron chi connectivity index (χ3n) is 8.27. The highest BCUT2D eigenvalue weighted by Crippen LogP contribution is 2.39. The van der Waals surface area contributed by atoms with Crippen LogP contribution in [-0.2, 0) is 11.2 Å². The van der Waals surface area contributed by atoms with Gasteiger partial charge in [0.05, 0.1) is 0 Å². The molecule has 5 rings (SSSR count). The number of hydrogen-bond acceptors (Lipinski definition) is 3. The minimum absolute atomic E-state index is 0.0209. The average Bonchev–Trinajstić information content (AvgIpc) is 3.27. The average molecular weight is 494 g/mol. The first kappa shape index (κ1) is 25.3. The van der Waals surface area contributed by atoms with Crippen LogP contribution in [0.4, 0.5) is 0 Å². The maximum atomic E-state index is 13.4. The molecular weight excluding hydrogens is 454 g/mol. The van der Waals surface area contributed by atoms with Gasteiger partial charge in [-0.1, -0.05) is 74.9 Å². The highest BCUT2D eigenvalue weighted by Gasteiger charge is 2.46. The van der Waals surface area contributed by atoms with Gasteiger partial charge in [0, 0.05) is 30.1 Å². The summed E-state index contributed by atoms with van der Waals surface area (Å²) in [5.74, 6) is 0.146. The van der Waals surface area contributed by atoms with Crippen molar-refractivity contribution >= 4 is 17.7 Å². The zero-order chi connectivity index (χ0) is 25.9. The second kappa shape index (κ2) is 10.5. The molecule has 1 aromatic carbocycles. The Morgan fingerprint density at radius 1 is 1.08 bits per heavy atom. The normalized spacial score (nSPS) is 23.5. The smallest absolute Gasteiger partial charge is 0.246 e. The minimum Gasteiger partial charge on any atom is -0.371 e. The summed E-state index contributed by atoms with van der Waals surface area (Å²) in [5, 5.41) is 6.97. The monoisotopic (exact) mass is 493 g/mol. The number of carbonyl (C=O) groups is 1. The molecule has 192 valence electrons. The van der Waals surface area contributed by atoms with Crippen molar-refractivity contribution in [2.75, 3.05) is 0 Å². The molecule has 1 heterocycles. The molecule has 37 heavy (non-hydrogen) atoms. The Hall–Kier alpha value is -3.40. The molecule has 2 saturated carbocycles. The van der Waals surface area contributed by atoms with Crippen LogP contribution in [0.3, 0.4) is 0 Å². The molecule has 0 saturated heterocycles. The van der Waals surface area contributed by atoms with Crippen molar-refractivity contribution in [1.29, 1.82) is 0 Å². The zero-order valence-electron chi connectivity index (χ0n) is 22.1. The van der Waals surface area contributed by atoms with Crippen LogP contribution >= 0.6 is 0 Å². The summed E-state index contributed by atoms with van der Waals surface area (Å²) in [6.07, 6.45) is 22.1. The van der Waals surface area contributed by atoms with E-state index in [-0.39, 0.29) is 11.4 Å². The molecule has 2 fully saturated rings. The van der Waals surface area contributed by atoms with E-state index >= 15 is 0 Å². The van der Waals surface area contributed by atoms with E-state index in [0.29, 0.717) is 0 Å². The minimum atomic E-state index is -0.557. The van der Waals surface area contributed by atoms with E-state index in [1.165, 1.54) is 34.3 Å². The fourth-order valence-corrected chi connectivity index (χ4v) is 5.58. The Kier molecular flexibility index (Phi) is 7.19. The lowest BCUT2D eigenvalue weighted by atomic mass is 9.80. The summed E-state index contributed by atoms with van der Waals surface area (Å²) >= 11 is 0. The van der Waals surface area contributed by atoms with Crippen molar-refractivity contribution < 1.29 is 4.79 Å². The van der Waals surface area contributed by atoms with Gasteiger partial charge in [-0.25, -0.2) is 0 Å². The van der Waals surface area contributed by atoms with Crippen LogP contribution in [0.25, 0.3) is 5.57 Å². The van der Waals surface area contributed by atoms with Gasteiger partial charge in [-0.2, -0.15) is 0 Å². The van der Waals surface area contributed by atoms with E-state index in [9.17, 15) is 4.79 Å². The first-order chi connectivity index (χ1) is 17.9. The van der Waals surface area contributed by atoms with Gasteiger partial charge in [-0.05, 0) is 84.9 Å². The summed E-state index contributed by atoms with van der Waals surface area (Å²) < 4.78 is 0. The summed E-state index contributed by atoms with van der Waals surface area (Å²) in [4.78, 5) is 17.7. The van der Waals surface area contributed by atoms with E-state index < -0.39 is 5.54 Å². The number of amides is 1. The Bertz CT molecular complexity index is 1230. The Morgan fingerprint density at radius 3 is 2.49 bits per heavy atom. The van der Waals surface area contributed by atoms with Crippen LogP contribution in [-0.4, -0.2) is 23.2 Å². The van der Waals surface area contributed by atoms with Crippen LogP contribution in [0, 0.1) is 0 Å². The summed E-state index contributed by atoms with van der Waals surface area (Å²) in [7, 11) is 0. The topological polar surface area (TPSA) is 53.5 Å².